The fraction of sp³-hybridized carbons (Fsp3) is 0.200. The Kier molecular flexibility index (Phi) is 6.55. The summed E-state index contributed by atoms with van der Waals surface area (Å²) in [6.07, 6.45) is 1.68. The number of hydrogen-bond acceptors (Lipinski definition) is 5. The number of imide groups is 1. The van der Waals surface area contributed by atoms with Gasteiger partial charge in [-0.1, -0.05) is 48.0 Å². The van der Waals surface area contributed by atoms with Crippen LogP contribution in [0.15, 0.2) is 53.4 Å². The molecule has 0 aliphatic carbocycles. The summed E-state index contributed by atoms with van der Waals surface area (Å²) in [7, 11) is 1.53. The van der Waals surface area contributed by atoms with Crippen LogP contribution in [0.4, 0.5) is 4.79 Å². The first-order valence-corrected chi connectivity index (χ1v) is 9.49. The maximum atomic E-state index is 12.5. The number of rotatable bonds is 7. The van der Waals surface area contributed by atoms with E-state index >= 15 is 0 Å². The van der Waals surface area contributed by atoms with Crippen LogP contribution in [0, 0.1) is 0 Å². The molecule has 2 aromatic carbocycles. The molecule has 2 aromatic rings. The van der Waals surface area contributed by atoms with Gasteiger partial charge < -0.3 is 9.47 Å². The van der Waals surface area contributed by atoms with E-state index in [0.717, 1.165) is 22.9 Å². The highest BCUT2D eigenvalue weighted by Gasteiger charge is 2.34. The zero-order valence-corrected chi connectivity index (χ0v) is 16.3. The third-order valence-corrected chi connectivity index (χ3v) is 5.22. The van der Waals surface area contributed by atoms with Crippen molar-refractivity contribution in [3.05, 3.63) is 69.6 Å². The Balaban J connectivity index is 1.78. The van der Waals surface area contributed by atoms with Crippen LogP contribution in [-0.2, 0) is 16.1 Å². The fourth-order valence-corrected chi connectivity index (χ4v) is 3.56. The molecule has 0 spiro atoms. The molecule has 0 N–H and O–H groups in total. The Labute approximate surface area is 166 Å². The van der Waals surface area contributed by atoms with Crippen LogP contribution >= 0.6 is 23.4 Å². The summed E-state index contributed by atoms with van der Waals surface area (Å²) in [5.74, 6) is 0.295. The number of halogens is 1. The van der Waals surface area contributed by atoms with E-state index in [2.05, 4.69) is 0 Å². The van der Waals surface area contributed by atoms with Gasteiger partial charge in [0.1, 0.15) is 12.4 Å². The van der Waals surface area contributed by atoms with Crippen LogP contribution in [0.2, 0.25) is 5.02 Å². The molecule has 3 rings (SSSR count). The van der Waals surface area contributed by atoms with Gasteiger partial charge in [0.2, 0.25) is 0 Å². The molecule has 0 bridgehead atoms. The summed E-state index contributed by atoms with van der Waals surface area (Å²) in [4.78, 5) is 26.1. The Morgan fingerprint density at radius 1 is 1.11 bits per heavy atom. The minimum Gasteiger partial charge on any atom is -0.488 e. The first-order chi connectivity index (χ1) is 13.1. The van der Waals surface area contributed by atoms with E-state index in [1.54, 1.807) is 6.08 Å². The molecule has 1 saturated heterocycles. The molecule has 140 valence electrons. The smallest absolute Gasteiger partial charge is 0.293 e. The average molecular weight is 404 g/mol. The molecule has 27 heavy (non-hydrogen) atoms. The van der Waals surface area contributed by atoms with E-state index in [1.165, 1.54) is 12.0 Å². The lowest BCUT2D eigenvalue weighted by Gasteiger charge is -2.11. The summed E-state index contributed by atoms with van der Waals surface area (Å²) in [6.45, 7) is 0.853. The largest absolute Gasteiger partial charge is 0.488 e. The molecule has 0 atom stereocenters. The van der Waals surface area contributed by atoms with E-state index in [0.29, 0.717) is 28.9 Å². The van der Waals surface area contributed by atoms with Crippen molar-refractivity contribution in [3.63, 3.8) is 0 Å². The number of amides is 2. The van der Waals surface area contributed by atoms with E-state index in [1.807, 2.05) is 48.5 Å². The van der Waals surface area contributed by atoms with E-state index in [-0.39, 0.29) is 17.7 Å². The van der Waals surface area contributed by atoms with E-state index < -0.39 is 0 Å². The van der Waals surface area contributed by atoms with Crippen LogP contribution in [-0.4, -0.2) is 36.3 Å². The predicted molar refractivity (Wildman–Crippen MR) is 107 cm³/mol. The third-order valence-electron chi connectivity index (χ3n) is 3.94. The van der Waals surface area contributed by atoms with Crippen molar-refractivity contribution in [2.75, 3.05) is 20.3 Å². The first kappa shape index (κ1) is 19.5. The van der Waals surface area contributed by atoms with Gasteiger partial charge in [-0.05, 0) is 30.0 Å². The van der Waals surface area contributed by atoms with Crippen molar-refractivity contribution in [1.82, 2.24) is 4.90 Å². The second kappa shape index (κ2) is 9.08. The van der Waals surface area contributed by atoms with Gasteiger partial charge in [-0.2, -0.15) is 0 Å². The van der Waals surface area contributed by atoms with Gasteiger partial charge in [0.05, 0.1) is 18.1 Å². The summed E-state index contributed by atoms with van der Waals surface area (Å²) >= 11 is 7.09. The highest BCUT2D eigenvalue weighted by molar-refractivity contribution is 8.18. The molecule has 1 aliphatic rings. The lowest BCUT2D eigenvalue weighted by atomic mass is 10.1. The second-order valence-corrected chi connectivity index (χ2v) is 7.14. The number of methoxy groups -OCH3 is 1. The number of carbonyl (C=O) groups is 2. The van der Waals surface area contributed by atoms with Gasteiger partial charge in [-0.15, -0.1) is 0 Å². The standard InChI is InChI=1S/C20H18ClNO4S/c1-25-11-10-22-19(23)18(27-20(22)24)12-14-6-3-5-9-17(14)26-13-15-7-2-4-8-16(15)21/h2-9,12H,10-11,13H2,1H3/b18-12+. The molecule has 1 heterocycles. The minimum atomic E-state index is -0.317. The molecular formula is C20H18ClNO4S. The number of para-hydroxylation sites is 1. The zero-order valence-electron chi connectivity index (χ0n) is 14.7. The lowest BCUT2D eigenvalue weighted by Crippen LogP contribution is -2.31. The molecule has 5 nitrogen and oxygen atoms in total. The average Bonchev–Trinajstić information content (AvgIpc) is 2.93. The topological polar surface area (TPSA) is 55.8 Å². The molecule has 0 saturated carbocycles. The molecule has 1 aliphatic heterocycles. The Morgan fingerprint density at radius 3 is 2.63 bits per heavy atom. The Hall–Kier alpha value is -2.28. The lowest BCUT2D eigenvalue weighted by molar-refractivity contribution is -0.123. The summed E-state index contributed by atoms with van der Waals surface area (Å²) < 4.78 is 10.9. The van der Waals surface area contributed by atoms with Crippen molar-refractivity contribution in [2.45, 2.75) is 6.61 Å². The van der Waals surface area contributed by atoms with Gasteiger partial charge in [0, 0.05) is 23.3 Å². The number of ether oxygens (including phenoxy) is 2. The van der Waals surface area contributed by atoms with Crippen molar-refractivity contribution < 1.29 is 19.1 Å². The summed E-state index contributed by atoms with van der Waals surface area (Å²) in [5.41, 5.74) is 1.59. The monoisotopic (exact) mass is 403 g/mol. The van der Waals surface area contributed by atoms with Gasteiger partial charge in [-0.3, -0.25) is 14.5 Å². The highest BCUT2D eigenvalue weighted by atomic mass is 35.5. The predicted octanol–water partition coefficient (Wildman–Crippen LogP) is 4.60. The normalized spacial score (nSPS) is 15.6. The van der Waals surface area contributed by atoms with Crippen molar-refractivity contribution in [3.8, 4) is 5.75 Å². The quantitative estimate of drug-likeness (QED) is 0.632. The summed E-state index contributed by atoms with van der Waals surface area (Å²) in [6, 6.07) is 14.8. The van der Waals surface area contributed by atoms with Crippen LogP contribution in [0.1, 0.15) is 11.1 Å². The molecule has 0 aromatic heterocycles. The molecule has 1 fully saturated rings. The van der Waals surface area contributed by atoms with Crippen LogP contribution < -0.4 is 4.74 Å². The van der Waals surface area contributed by atoms with E-state index in [4.69, 9.17) is 21.1 Å². The fourth-order valence-electron chi connectivity index (χ4n) is 2.52. The number of hydrogen-bond donors (Lipinski definition) is 0. The number of nitrogens with zero attached hydrogens (tertiary/aromatic N) is 1. The van der Waals surface area contributed by atoms with Gasteiger partial charge >= 0.3 is 0 Å². The SMILES string of the molecule is COCCN1C(=O)S/C(=C/c2ccccc2OCc2ccccc2Cl)C1=O. The molecule has 7 heteroatoms. The summed E-state index contributed by atoms with van der Waals surface area (Å²) in [5, 5.41) is 0.340. The number of thioether (sulfide) groups is 1. The molecule has 0 radical (unpaired) electrons. The Morgan fingerprint density at radius 2 is 1.85 bits per heavy atom. The molecule has 2 amide bonds. The minimum absolute atomic E-state index is 0.239. The van der Waals surface area contributed by atoms with Gasteiger partial charge in [0.15, 0.2) is 0 Å². The third kappa shape index (κ3) is 4.71. The first-order valence-electron chi connectivity index (χ1n) is 8.29. The van der Waals surface area contributed by atoms with Crippen LogP contribution in [0.3, 0.4) is 0 Å². The zero-order chi connectivity index (χ0) is 19.2. The van der Waals surface area contributed by atoms with Crippen molar-refractivity contribution in [1.29, 1.82) is 0 Å². The van der Waals surface area contributed by atoms with Crippen molar-refractivity contribution in [2.24, 2.45) is 0 Å². The second-order valence-electron chi connectivity index (χ2n) is 5.74. The van der Waals surface area contributed by atoms with E-state index in [9.17, 15) is 9.59 Å². The maximum Gasteiger partial charge on any atom is 0.293 e. The molecular weight excluding hydrogens is 386 g/mol. The highest BCUT2D eigenvalue weighted by Crippen LogP contribution is 2.34. The Bertz CT molecular complexity index is 884. The van der Waals surface area contributed by atoms with Crippen LogP contribution in [0.25, 0.3) is 6.08 Å². The number of benzene rings is 2. The van der Waals surface area contributed by atoms with Crippen molar-refractivity contribution >= 4 is 40.6 Å². The molecule has 0 unspecified atom stereocenters. The van der Waals surface area contributed by atoms with Crippen LogP contribution in [0.5, 0.6) is 5.75 Å². The van der Waals surface area contributed by atoms with Gasteiger partial charge in [-0.25, -0.2) is 0 Å². The number of carbonyl (C=O) groups excluding carboxylic acids is 2. The van der Waals surface area contributed by atoms with Gasteiger partial charge in [0.25, 0.3) is 11.1 Å². The maximum absolute atomic E-state index is 12.5.